The number of aryl methyl sites for hydroxylation is 2. The fourth-order valence-electron chi connectivity index (χ4n) is 6.13. The van der Waals surface area contributed by atoms with Gasteiger partial charge in [0, 0.05) is 44.3 Å². The maximum absolute atomic E-state index is 9.34. The molecule has 3 heterocycles. The second-order valence-corrected chi connectivity index (χ2v) is 14.8. The largest absolute Gasteiger partial charge is 0.346 e. The van der Waals surface area contributed by atoms with Crippen LogP contribution < -0.4 is 15.5 Å². The molecular weight excluding hydrogens is 626 g/mol. The minimum atomic E-state index is -2.68. The number of rotatable bonds is 4. The van der Waals surface area contributed by atoms with Gasteiger partial charge >= 0.3 is 0 Å². The second-order valence-electron chi connectivity index (χ2n) is 10.6. The van der Waals surface area contributed by atoms with Crippen molar-refractivity contribution in [2.24, 2.45) is 9.74 Å². The number of allylic oxidation sites excluding steroid dienone is 2. The number of hydrogen-bond acceptors (Lipinski definition) is 5. The highest BCUT2D eigenvalue weighted by Gasteiger charge is 2.47. The van der Waals surface area contributed by atoms with Gasteiger partial charge in [-0.2, -0.15) is 10.4 Å². The van der Waals surface area contributed by atoms with Crippen LogP contribution in [0.1, 0.15) is 31.5 Å². The van der Waals surface area contributed by atoms with E-state index in [2.05, 4.69) is 140 Å². The van der Waals surface area contributed by atoms with Crippen LogP contribution in [-0.2, 0) is 12.0 Å². The summed E-state index contributed by atoms with van der Waals surface area (Å²) in [5.74, 6) is 0.805. The number of anilines is 1. The van der Waals surface area contributed by atoms with Crippen molar-refractivity contribution in [2.75, 3.05) is 11.9 Å². The Labute approximate surface area is 249 Å². The van der Waals surface area contributed by atoms with Crippen LogP contribution in [0.2, 0.25) is 0 Å². The van der Waals surface area contributed by atoms with E-state index >= 15 is 0 Å². The van der Waals surface area contributed by atoms with E-state index in [0.29, 0.717) is 13.0 Å². The molecule has 0 saturated carbocycles. The first kappa shape index (κ1) is 26.7. The maximum Gasteiger partial charge on any atom is 0.160 e. The summed E-state index contributed by atoms with van der Waals surface area (Å²) in [6.45, 7) is 7.15. The Balaban J connectivity index is 1.79. The highest BCUT2D eigenvalue weighted by Crippen LogP contribution is 2.64. The molecule has 0 amide bonds. The number of para-hydroxylation sites is 1. The van der Waals surface area contributed by atoms with Crippen molar-refractivity contribution in [1.29, 1.82) is 5.26 Å². The third-order valence-electron chi connectivity index (χ3n) is 7.82. The van der Waals surface area contributed by atoms with Crippen LogP contribution in [0.3, 0.4) is 0 Å². The number of hydrogen-bond donors (Lipinski definition) is 0. The molecule has 4 aromatic rings. The smallest absolute Gasteiger partial charge is 0.160 e. The van der Waals surface area contributed by atoms with Gasteiger partial charge in [0.15, 0.2) is 5.82 Å². The van der Waals surface area contributed by atoms with Gasteiger partial charge < -0.3 is 4.90 Å². The first-order valence-electron chi connectivity index (χ1n) is 13.3. The minimum Gasteiger partial charge on any atom is -0.346 e. The molecule has 0 saturated heterocycles. The maximum atomic E-state index is 9.34. The van der Waals surface area contributed by atoms with E-state index in [0.717, 1.165) is 33.1 Å². The molecule has 0 unspecified atom stereocenters. The Morgan fingerprint density at radius 2 is 1.70 bits per heavy atom. The first-order chi connectivity index (χ1) is 19.3. The molecule has 200 valence electrons. The van der Waals surface area contributed by atoms with Gasteiger partial charge in [0.1, 0.15) is 0 Å². The Kier molecular flexibility index (Phi) is 6.80. The predicted molar refractivity (Wildman–Crippen MR) is 174 cm³/mol. The van der Waals surface area contributed by atoms with Gasteiger partial charge in [0.05, 0.1) is 42.8 Å². The lowest BCUT2D eigenvalue weighted by atomic mass is 9.84. The molecule has 2 aliphatic heterocycles. The lowest BCUT2D eigenvalue weighted by Crippen LogP contribution is -2.30. The van der Waals surface area contributed by atoms with Crippen molar-refractivity contribution in [3.05, 3.63) is 105 Å². The van der Waals surface area contributed by atoms with Crippen LogP contribution in [0.15, 0.2) is 99.6 Å². The summed E-state index contributed by atoms with van der Waals surface area (Å²) in [4.78, 5) is 7.41. The topological polar surface area (TPSA) is 69.6 Å². The van der Waals surface area contributed by atoms with Gasteiger partial charge in [-0.3, -0.25) is 4.74 Å². The van der Waals surface area contributed by atoms with E-state index < -0.39 is 7.05 Å². The molecule has 1 aromatic heterocycles. The highest BCUT2D eigenvalue weighted by atomic mass is 127. The summed E-state index contributed by atoms with van der Waals surface area (Å²) in [5, 5.41) is 17.6. The molecule has 2 aliphatic rings. The second kappa shape index (κ2) is 10.2. The molecule has 40 heavy (non-hydrogen) atoms. The quantitative estimate of drug-likeness (QED) is 0.168. The summed E-state index contributed by atoms with van der Waals surface area (Å²) in [6.07, 6.45) is 2.41. The number of aromatic nitrogens is 2. The molecule has 0 radical (unpaired) electrons. The summed E-state index contributed by atoms with van der Waals surface area (Å²) in [7, 11) is -0.519. The van der Waals surface area contributed by atoms with Gasteiger partial charge in [-0.25, -0.2) is 9.67 Å². The highest BCUT2D eigenvalue weighted by molar-refractivity contribution is 14.1. The Morgan fingerprint density at radius 1 is 1.00 bits per heavy atom. The Bertz CT molecular complexity index is 1770. The van der Waals surface area contributed by atoms with Crippen LogP contribution in [0.25, 0.3) is 0 Å². The lowest BCUT2D eigenvalue weighted by Gasteiger charge is -2.35. The molecule has 0 aliphatic carbocycles. The van der Waals surface area contributed by atoms with E-state index in [4.69, 9.17) is 14.8 Å². The number of aliphatic imine (C=N–C) groups is 1. The van der Waals surface area contributed by atoms with E-state index in [1.807, 2.05) is 10.9 Å². The number of fused-ring (bicyclic) bond motifs is 2. The summed E-state index contributed by atoms with van der Waals surface area (Å²) in [6, 6.07) is 30.0. The van der Waals surface area contributed by atoms with Crippen LogP contribution in [-0.4, -0.2) is 23.0 Å². The van der Waals surface area contributed by atoms with Gasteiger partial charge in [0.2, 0.25) is 0 Å². The van der Waals surface area contributed by atoms with Gasteiger partial charge in [-0.05, 0) is 65.4 Å². The van der Waals surface area contributed by atoms with Gasteiger partial charge in [0.25, 0.3) is 0 Å². The van der Waals surface area contributed by atoms with Gasteiger partial charge in [-0.15, -0.1) is 0 Å². The van der Waals surface area contributed by atoms with Crippen molar-refractivity contribution in [3.8, 4) is 6.07 Å². The number of nitrogens with zero attached hydrogens (tertiary/aromatic N) is 6. The number of halogens is 1. The molecule has 0 spiro atoms. The van der Waals surface area contributed by atoms with E-state index in [9.17, 15) is 5.26 Å². The average Bonchev–Trinajstić information content (AvgIpc) is 3.39. The summed E-state index contributed by atoms with van der Waals surface area (Å²) < 4.78 is 8.82. The molecule has 0 N–H and O–H groups in total. The van der Waals surface area contributed by atoms with Crippen molar-refractivity contribution < 1.29 is 0 Å². The molecule has 0 bridgehead atoms. The monoisotopic (exact) mass is 656 g/mol. The molecule has 6 rings (SSSR count). The molecule has 3 aromatic carbocycles. The fraction of sp³-hybridized carbons (Fsp3) is 0.219. The molecule has 8 heteroatoms. The number of nitriles is 1. The van der Waals surface area contributed by atoms with Crippen molar-refractivity contribution in [1.82, 2.24) is 9.78 Å². The lowest BCUT2D eigenvalue weighted by molar-refractivity contribution is 0.626. The Hall–Kier alpha value is -3.47. The fourth-order valence-corrected chi connectivity index (χ4v) is 10.6. The van der Waals surface area contributed by atoms with Crippen LogP contribution in [0, 0.1) is 21.8 Å². The molecule has 0 fully saturated rings. The Morgan fingerprint density at radius 3 is 2.40 bits per heavy atom. The summed E-state index contributed by atoms with van der Waals surface area (Å²) in [5.41, 5.74) is 5.27. The van der Waals surface area contributed by atoms with Crippen LogP contribution in [0.5, 0.6) is 0 Å². The van der Waals surface area contributed by atoms with E-state index in [-0.39, 0.29) is 5.41 Å². The zero-order chi connectivity index (χ0) is 28.1. The average molecular weight is 657 g/mol. The van der Waals surface area contributed by atoms with Crippen molar-refractivity contribution in [3.63, 3.8) is 0 Å². The third kappa shape index (κ3) is 4.08. The minimum absolute atomic E-state index is 0.267. The first-order valence-corrected chi connectivity index (χ1v) is 16.1. The van der Waals surface area contributed by atoms with Gasteiger partial charge in [-0.1, -0.05) is 62.4 Å². The molecule has 1 atom stereocenters. The van der Waals surface area contributed by atoms with Crippen LogP contribution >= 0.6 is 29.6 Å². The molecule has 6 nitrogen and oxygen atoms in total. The zero-order valence-corrected chi connectivity index (χ0v) is 26.1. The predicted octanol–water partition coefficient (Wildman–Crippen LogP) is 7.55. The number of benzene rings is 3. The standard InChI is InChI=1S/C32H30IN6P/c1-22-29-31(39(36-22)20-10-19-34)35-21-28(30-32(2,3)26-13-8-9-14-27(26)38(30)4)40(29,25-11-6-5-7-12-25)37-24-17-15-23(33)16-18-24/h5-9,11-18,21H,10,20H2,1-4H3/b30-28+/t40-/m1/s1. The van der Waals surface area contributed by atoms with E-state index in [1.165, 1.54) is 20.5 Å². The zero-order valence-electron chi connectivity index (χ0n) is 23.0. The van der Waals surface area contributed by atoms with Crippen molar-refractivity contribution in [2.45, 2.75) is 39.2 Å². The van der Waals surface area contributed by atoms with Crippen LogP contribution in [0.4, 0.5) is 17.2 Å². The van der Waals surface area contributed by atoms with E-state index in [1.54, 1.807) is 0 Å². The van der Waals surface area contributed by atoms with Crippen molar-refractivity contribution >= 4 is 63.7 Å². The SMILES string of the molecule is Cc1nn(CCC#N)c2c1[P@@](=Nc1ccc(I)cc1)(c1ccccc1)/C(=C1/N(C)c3ccccc3C1(C)C)C=N2. The third-order valence-corrected chi connectivity index (χ3v) is 12.3. The molecular formula is C32H30IN6P. The summed E-state index contributed by atoms with van der Waals surface area (Å²) >= 11 is 2.34. The number of likely N-dealkylation sites (N-methyl/N-ethyl adjacent to an activating group) is 1. The normalized spacial score (nSPS) is 20.6.